The summed E-state index contributed by atoms with van der Waals surface area (Å²) in [5.74, 6) is -0.137. The average molecular weight is 333 g/mol. The number of nitrogens with one attached hydrogen (secondary N) is 2. The first kappa shape index (κ1) is 16.5. The van der Waals surface area contributed by atoms with Gasteiger partial charge in [-0.15, -0.1) is 0 Å². The summed E-state index contributed by atoms with van der Waals surface area (Å²) < 4.78 is 0. The van der Waals surface area contributed by atoms with Gasteiger partial charge in [0.15, 0.2) is 0 Å². The number of carbonyl (C=O) groups is 2. The number of benzene rings is 3. The van der Waals surface area contributed by atoms with Crippen molar-refractivity contribution < 1.29 is 9.59 Å². The Bertz CT molecular complexity index is 904. The van der Waals surface area contributed by atoms with E-state index in [2.05, 4.69) is 34.9 Å². The highest BCUT2D eigenvalue weighted by molar-refractivity contribution is 5.94. The number of nitrogens with two attached hydrogens (primary N) is 1. The highest BCUT2D eigenvalue weighted by atomic mass is 16.2. The van der Waals surface area contributed by atoms with Gasteiger partial charge >= 0.3 is 6.03 Å². The molecule has 0 atom stereocenters. The van der Waals surface area contributed by atoms with Gasteiger partial charge in [0.05, 0.1) is 0 Å². The molecule has 3 aromatic carbocycles. The lowest BCUT2D eigenvalue weighted by Gasteiger charge is -2.08. The molecule has 0 aliphatic heterocycles. The van der Waals surface area contributed by atoms with Crippen molar-refractivity contribution in [1.29, 1.82) is 0 Å². The van der Waals surface area contributed by atoms with E-state index in [1.165, 1.54) is 5.39 Å². The molecule has 0 saturated carbocycles. The molecule has 5 heteroatoms. The van der Waals surface area contributed by atoms with Crippen LogP contribution in [0, 0.1) is 0 Å². The Morgan fingerprint density at radius 2 is 1.40 bits per heavy atom. The van der Waals surface area contributed by atoms with Crippen LogP contribution in [-0.4, -0.2) is 11.9 Å². The van der Waals surface area contributed by atoms with Crippen LogP contribution in [0.2, 0.25) is 0 Å². The van der Waals surface area contributed by atoms with Gasteiger partial charge in [-0.2, -0.15) is 0 Å². The molecule has 0 aliphatic rings. The van der Waals surface area contributed by atoms with Crippen LogP contribution in [0.4, 0.5) is 4.79 Å². The average Bonchev–Trinajstić information content (AvgIpc) is 2.64. The Labute approximate surface area is 145 Å². The van der Waals surface area contributed by atoms with Gasteiger partial charge in [-0.3, -0.25) is 4.79 Å². The molecular formula is C20H19N3O2. The Morgan fingerprint density at radius 1 is 0.760 bits per heavy atom. The fraction of sp³-hybridized carbons (Fsp3) is 0.100. The van der Waals surface area contributed by atoms with E-state index in [-0.39, 0.29) is 5.91 Å². The van der Waals surface area contributed by atoms with E-state index >= 15 is 0 Å². The first-order valence-corrected chi connectivity index (χ1v) is 8.00. The molecule has 0 aromatic heterocycles. The topological polar surface area (TPSA) is 84.2 Å². The van der Waals surface area contributed by atoms with Gasteiger partial charge in [-0.25, -0.2) is 4.79 Å². The van der Waals surface area contributed by atoms with Gasteiger partial charge < -0.3 is 16.4 Å². The zero-order valence-corrected chi connectivity index (χ0v) is 13.7. The molecule has 5 nitrogen and oxygen atoms in total. The number of primary amides is 1. The third-order valence-corrected chi connectivity index (χ3v) is 3.95. The molecule has 0 spiro atoms. The van der Waals surface area contributed by atoms with Gasteiger partial charge in [0.2, 0.25) is 0 Å². The second-order valence-corrected chi connectivity index (χ2v) is 5.78. The lowest BCUT2D eigenvalue weighted by molar-refractivity contribution is 0.0951. The minimum absolute atomic E-state index is 0.137. The van der Waals surface area contributed by atoms with Crippen molar-refractivity contribution in [2.24, 2.45) is 5.73 Å². The van der Waals surface area contributed by atoms with E-state index < -0.39 is 6.03 Å². The summed E-state index contributed by atoms with van der Waals surface area (Å²) in [7, 11) is 0. The SMILES string of the molecule is NC(=O)NCc1ccc(C(=O)NCc2ccc3ccccc3c2)cc1. The summed E-state index contributed by atoms with van der Waals surface area (Å²) in [6, 6.07) is 20.7. The van der Waals surface area contributed by atoms with E-state index in [4.69, 9.17) is 5.73 Å². The van der Waals surface area contributed by atoms with Crippen LogP contribution < -0.4 is 16.4 Å². The van der Waals surface area contributed by atoms with Crippen molar-refractivity contribution >= 4 is 22.7 Å². The molecule has 0 bridgehead atoms. The zero-order valence-electron chi connectivity index (χ0n) is 13.7. The third-order valence-electron chi connectivity index (χ3n) is 3.95. The van der Waals surface area contributed by atoms with Gasteiger partial charge in [-0.05, 0) is 40.1 Å². The van der Waals surface area contributed by atoms with E-state index in [1.54, 1.807) is 24.3 Å². The van der Waals surface area contributed by atoms with Gasteiger partial charge in [-0.1, -0.05) is 48.5 Å². The van der Waals surface area contributed by atoms with Crippen LogP contribution in [0.15, 0.2) is 66.7 Å². The molecule has 0 saturated heterocycles. The number of amides is 3. The van der Waals surface area contributed by atoms with E-state index in [0.717, 1.165) is 16.5 Å². The standard InChI is InChI=1S/C20H19N3O2/c21-20(25)23-12-14-5-9-17(10-6-14)19(24)22-13-15-7-8-16-3-1-2-4-18(16)11-15/h1-11H,12-13H2,(H,22,24)(H3,21,23,25). The zero-order chi connectivity index (χ0) is 17.6. The fourth-order valence-corrected chi connectivity index (χ4v) is 2.60. The predicted octanol–water partition coefficient (Wildman–Crippen LogP) is 2.94. The first-order valence-electron chi connectivity index (χ1n) is 8.00. The number of rotatable bonds is 5. The largest absolute Gasteiger partial charge is 0.352 e. The predicted molar refractivity (Wildman–Crippen MR) is 98.0 cm³/mol. The number of urea groups is 1. The maximum Gasteiger partial charge on any atom is 0.312 e. The Morgan fingerprint density at radius 3 is 2.12 bits per heavy atom. The van der Waals surface area contributed by atoms with Crippen molar-refractivity contribution in [2.45, 2.75) is 13.1 Å². The molecule has 0 radical (unpaired) electrons. The smallest absolute Gasteiger partial charge is 0.312 e. The summed E-state index contributed by atoms with van der Waals surface area (Å²) in [6.45, 7) is 0.809. The quantitative estimate of drug-likeness (QED) is 0.671. The molecule has 3 amide bonds. The molecule has 0 unspecified atom stereocenters. The Hall–Kier alpha value is -3.34. The number of fused-ring (bicyclic) bond motifs is 1. The number of carbonyl (C=O) groups excluding carboxylic acids is 2. The van der Waals surface area contributed by atoms with Crippen LogP contribution in [0.25, 0.3) is 10.8 Å². The van der Waals surface area contributed by atoms with Crippen LogP contribution in [0.5, 0.6) is 0 Å². The molecular weight excluding hydrogens is 314 g/mol. The molecule has 0 aliphatic carbocycles. The molecule has 3 aromatic rings. The second-order valence-electron chi connectivity index (χ2n) is 5.78. The molecule has 3 rings (SSSR count). The molecule has 0 heterocycles. The lowest BCUT2D eigenvalue weighted by atomic mass is 10.1. The maximum atomic E-state index is 12.3. The summed E-state index contributed by atoms with van der Waals surface area (Å²) in [6.07, 6.45) is 0. The molecule has 126 valence electrons. The summed E-state index contributed by atoms with van der Waals surface area (Å²) >= 11 is 0. The van der Waals surface area contributed by atoms with E-state index in [0.29, 0.717) is 18.7 Å². The minimum Gasteiger partial charge on any atom is -0.352 e. The Balaban J connectivity index is 1.60. The highest BCUT2D eigenvalue weighted by Gasteiger charge is 2.06. The number of hydrogen-bond donors (Lipinski definition) is 3. The summed E-state index contributed by atoms with van der Waals surface area (Å²) in [5, 5.41) is 7.76. The van der Waals surface area contributed by atoms with Crippen molar-refractivity contribution in [1.82, 2.24) is 10.6 Å². The van der Waals surface area contributed by atoms with Crippen LogP contribution in [-0.2, 0) is 13.1 Å². The van der Waals surface area contributed by atoms with Crippen molar-refractivity contribution in [3.63, 3.8) is 0 Å². The van der Waals surface area contributed by atoms with Gasteiger partial charge in [0.1, 0.15) is 0 Å². The van der Waals surface area contributed by atoms with Gasteiger partial charge in [0.25, 0.3) is 5.91 Å². The lowest BCUT2D eigenvalue weighted by Crippen LogP contribution is -2.28. The van der Waals surface area contributed by atoms with Gasteiger partial charge in [0, 0.05) is 18.7 Å². The van der Waals surface area contributed by atoms with Crippen molar-refractivity contribution in [3.8, 4) is 0 Å². The Kier molecular flexibility index (Phi) is 4.95. The van der Waals surface area contributed by atoms with Crippen molar-refractivity contribution in [2.75, 3.05) is 0 Å². The number of hydrogen-bond acceptors (Lipinski definition) is 2. The highest BCUT2D eigenvalue weighted by Crippen LogP contribution is 2.15. The van der Waals surface area contributed by atoms with Crippen LogP contribution >= 0.6 is 0 Å². The first-order chi connectivity index (χ1) is 12.1. The summed E-state index contributed by atoms with van der Waals surface area (Å²) in [5.41, 5.74) is 7.54. The van der Waals surface area contributed by atoms with E-state index in [1.807, 2.05) is 18.2 Å². The van der Waals surface area contributed by atoms with Crippen LogP contribution in [0.1, 0.15) is 21.5 Å². The summed E-state index contributed by atoms with van der Waals surface area (Å²) in [4.78, 5) is 23.0. The third kappa shape index (κ3) is 4.35. The fourth-order valence-electron chi connectivity index (χ4n) is 2.60. The van der Waals surface area contributed by atoms with E-state index in [9.17, 15) is 9.59 Å². The monoisotopic (exact) mass is 333 g/mol. The molecule has 0 fully saturated rings. The minimum atomic E-state index is -0.572. The normalized spacial score (nSPS) is 10.4. The van der Waals surface area contributed by atoms with Crippen LogP contribution in [0.3, 0.4) is 0 Å². The molecule has 4 N–H and O–H groups in total. The molecule has 25 heavy (non-hydrogen) atoms. The second kappa shape index (κ2) is 7.49. The maximum absolute atomic E-state index is 12.3. The van der Waals surface area contributed by atoms with Crippen molar-refractivity contribution in [3.05, 3.63) is 83.4 Å².